The number of nitrogens with one attached hydrogen (secondary N) is 1. The van der Waals surface area contributed by atoms with Gasteiger partial charge in [-0.1, -0.05) is 18.2 Å². The van der Waals surface area contributed by atoms with Crippen LogP contribution in [0.25, 0.3) is 10.9 Å². The summed E-state index contributed by atoms with van der Waals surface area (Å²) < 4.78 is 0. The fourth-order valence-electron chi connectivity index (χ4n) is 1.38. The Labute approximate surface area is 70.9 Å². The van der Waals surface area contributed by atoms with Gasteiger partial charge in [-0.15, -0.1) is 0 Å². The second-order valence-corrected chi connectivity index (χ2v) is 2.74. The number of H-pyrrole nitrogens is 1. The zero-order chi connectivity index (χ0) is 8.39. The molecule has 2 heteroatoms. The third-order valence-electron chi connectivity index (χ3n) is 1.96. The third-order valence-corrected chi connectivity index (χ3v) is 1.96. The maximum absolute atomic E-state index is 3.86. The summed E-state index contributed by atoms with van der Waals surface area (Å²) in [7, 11) is 0. The van der Waals surface area contributed by atoms with E-state index in [1.54, 1.807) is 0 Å². The molecule has 0 unspecified atom stereocenters. The Kier molecular flexibility index (Phi) is 1.67. The van der Waals surface area contributed by atoms with E-state index in [1.165, 1.54) is 10.9 Å². The second-order valence-electron chi connectivity index (χ2n) is 2.74. The van der Waals surface area contributed by atoms with Crippen molar-refractivity contribution in [1.82, 2.24) is 4.98 Å². The van der Waals surface area contributed by atoms with Gasteiger partial charge in [0.1, 0.15) is 0 Å². The lowest BCUT2D eigenvalue weighted by molar-refractivity contribution is 1.10. The number of para-hydroxylation sites is 1. The van der Waals surface area contributed by atoms with Gasteiger partial charge in [0, 0.05) is 17.1 Å². The minimum atomic E-state index is 0.685. The lowest BCUT2D eigenvalue weighted by Gasteiger charge is -1.91. The monoisotopic (exact) mass is 158 g/mol. The molecule has 2 rings (SSSR count). The summed E-state index contributed by atoms with van der Waals surface area (Å²) in [5.41, 5.74) is 2.37. The Bertz CT molecular complexity index is 401. The Morgan fingerprint density at radius 2 is 2.17 bits per heavy atom. The van der Waals surface area contributed by atoms with E-state index in [-0.39, 0.29) is 0 Å². The van der Waals surface area contributed by atoms with Gasteiger partial charge < -0.3 is 4.98 Å². The molecular formula is C10H10N2. The van der Waals surface area contributed by atoms with Gasteiger partial charge in [0.15, 0.2) is 0 Å². The predicted octanol–water partition coefficient (Wildman–Crippen LogP) is 2.37. The van der Waals surface area contributed by atoms with E-state index in [4.69, 9.17) is 0 Å². The first-order valence-corrected chi connectivity index (χ1v) is 3.89. The van der Waals surface area contributed by atoms with Crippen LogP contribution in [-0.2, 0) is 6.54 Å². The van der Waals surface area contributed by atoms with Crippen LogP contribution in [0.2, 0.25) is 0 Å². The molecule has 0 spiro atoms. The molecule has 1 N–H and O–H groups in total. The minimum absolute atomic E-state index is 0.685. The molecule has 60 valence electrons. The maximum atomic E-state index is 3.86. The van der Waals surface area contributed by atoms with E-state index in [1.807, 2.05) is 18.3 Å². The quantitative estimate of drug-likeness (QED) is 0.650. The lowest BCUT2D eigenvalue weighted by atomic mass is 10.2. The van der Waals surface area contributed by atoms with Crippen molar-refractivity contribution in [3.05, 3.63) is 36.0 Å². The standard InChI is InChI=1S/C10H10N2/c1-11-6-8-7-12-10-5-3-2-4-9(8)10/h2-5,7,12H,1,6H2. The fourth-order valence-corrected chi connectivity index (χ4v) is 1.38. The number of aromatic nitrogens is 1. The summed E-state index contributed by atoms with van der Waals surface area (Å²) in [4.78, 5) is 7.04. The van der Waals surface area contributed by atoms with Crippen LogP contribution in [0.5, 0.6) is 0 Å². The van der Waals surface area contributed by atoms with Crippen molar-refractivity contribution in [2.45, 2.75) is 6.54 Å². The van der Waals surface area contributed by atoms with E-state index in [9.17, 15) is 0 Å². The SMILES string of the molecule is C=NCc1c[nH]c2ccccc12. The van der Waals surface area contributed by atoms with Crippen molar-refractivity contribution in [3.8, 4) is 0 Å². The highest BCUT2D eigenvalue weighted by Gasteiger charge is 1.99. The molecule has 0 aliphatic carbocycles. The van der Waals surface area contributed by atoms with Crippen LogP contribution >= 0.6 is 0 Å². The molecule has 1 aromatic heterocycles. The molecule has 2 nitrogen and oxygen atoms in total. The van der Waals surface area contributed by atoms with Gasteiger partial charge in [-0.05, 0) is 18.3 Å². The number of aromatic amines is 1. The second kappa shape index (κ2) is 2.81. The van der Waals surface area contributed by atoms with E-state index >= 15 is 0 Å². The zero-order valence-electron chi connectivity index (χ0n) is 6.75. The average Bonchev–Trinajstić information content (AvgIpc) is 2.50. The van der Waals surface area contributed by atoms with Gasteiger partial charge in [0.25, 0.3) is 0 Å². The normalized spacial score (nSPS) is 10.3. The van der Waals surface area contributed by atoms with Gasteiger partial charge in [0.05, 0.1) is 6.54 Å². The summed E-state index contributed by atoms with van der Waals surface area (Å²) in [5.74, 6) is 0. The molecule has 2 aromatic rings. The molecule has 1 heterocycles. The maximum Gasteiger partial charge on any atom is 0.0653 e. The van der Waals surface area contributed by atoms with Gasteiger partial charge in [-0.25, -0.2) is 0 Å². The molecular weight excluding hydrogens is 148 g/mol. The van der Waals surface area contributed by atoms with Crippen molar-refractivity contribution in [1.29, 1.82) is 0 Å². The van der Waals surface area contributed by atoms with Gasteiger partial charge in [0.2, 0.25) is 0 Å². The molecule has 0 fully saturated rings. The third kappa shape index (κ3) is 1.01. The molecule has 0 radical (unpaired) electrons. The molecule has 0 aliphatic heterocycles. The number of nitrogens with zero attached hydrogens (tertiary/aromatic N) is 1. The molecule has 0 atom stereocenters. The summed E-state index contributed by atoms with van der Waals surface area (Å²) in [5, 5.41) is 1.24. The van der Waals surface area contributed by atoms with Crippen molar-refractivity contribution < 1.29 is 0 Å². The average molecular weight is 158 g/mol. The van der Waals surface area contributed by atoms with E-state index in [0.717, 1.165) is 5.52 Å². The lowest BCUT2D eigenvalue weighted by Crippen LogP contribution is -1.75. The largest absolute Gasteiger partial charge is 0.361 e. The topological polar surface area (TPSA) is 28.1 Å². The van der Waals surface area contributed by atoms with Crippen LogP contribution in [0, 0.1) is 0 Å². The van der Waals surface area contributed by atoms with Crippen molar-refractivity contribution in [2.75, 3.05) is 0 Å². The van der Waals surface area contributed by atoms with Gasteiger partial charge >= 0.3 is 0 Å². The predicted molar refractivity (Wildman–Crippen MR) is 51.6 cm³/mol. The molecule has 0 bridgehead atoms. The zero-order valence-corrected chi connectivity index (χ0v) is 6.75. The molecule has 0 saturated heterocycles. The van der Waals surface area contributed by atoms with Crippen molar-refractivity contribution in [3.63, 3.8) is 0 Å². The summed E-state index contributed by atoms with van der Waals surface area (Å²) in [6, 6.07) is 8.20. The minimum Gasteiger partial charge on any atom is -0.361 e. The van der Waals surface area contributed by atoms with Crippen LogP contribution in [0.15, 0.2) is 35.5 Å². The van der Waals surface area contributed by atoms with E-state index < -0.39 is 0 Å². The Morgan fingerprint density at radius 3 is 3.00 bits per heavy atom. The van der Waals surface area contributed by atoms with Crippen LogP contribution in [-0.4, -0.2) is 11.7 Å². The molecule has 1 aromatic carbocycles. The number of fused-ring (bicyclic) bond motifs is 1. The van der Waals surface area contributed by atoms with E-state index in [2.05, 4.69) is 28.8 Å². The number of hydrogen-bond acceptors (Lipinski definition) is 1. The highest BCUT2D eigenvalue weighted by molar-refractivity contribution is 5.83. The van der Waals surface area contributed by atoms with Crippen LogP contribution in [0.4, 0.5) is 0 Å². The van der Waals surface area contributed by atoms with Crippen molar-refractivity contribution in [2.24, 2.45) is 4.99 Å². The summed E-state index contributed by atoms with van der Waals surface area (Å²) >= 11 is 0. The molecule has 12 heavy (non-hydrogen) atoms. The van der Waals surface area contributed by atoms with Gasteiger partial charge in [-0.3, -0.25) is 4.99 Å². The first-order chi connectivity index (χ1) is 5.92. The summed E-state index contributed by atoms with van der Waals surface area (Å²) in [6.45, 7) is 4.16. The van der Waals surface area contributed by atoms with Crippen LogP contribution < -0.4 is 0 Å². The summed E-state index contributed by atoms with van der Waals surface area (Å²) in [6.07, 6.45) is 1.99. The first-order valence-electron chi connectivity index (χ1n) is 3.89. The Hall–Kier alpha value is -1.57. The number of hydrogen-bond donors (Lipinski definition) is 1. The number of rotatable bonds is 2. The Balaban J connectivity index is 2.62. The smallest absolute Gasteiger partial charge is 0.0653 e. The fraction of sp³-hybridized carbons (Fsp3) is 0.100. The van der Waals surface area contributed by atoms with Crippen LogP contribution in [0.1, 0.15) is 5.56 Å². The molecule has 0 amide bonds. The molecule has 0 aliphatic rings. The Morgan fingerprint density at radius 1 is 1.33 bits per heavy atom. The number of benzene rings is 1. The molecule has 0 saturated carbocycles. The van der Waals surface area contributed by atoms with Gasteiger partial charge in [-0.2, -0.15) is 0 Å². The van der Waals surface area contributed by atoms with Crippen molar-refractivity contribution >= 4 is 17.6 Å². The number of aliphatic imine (C=N–C) groups is 1. The highest BCUT2D eigenvalue weighted by atomic mass is 14.7. The van der Waals surface area contributed by atoms with Crippen LogP contribution in [0.3, 0.4) is 0 Å². The first kappa shape index (κ1) is 7.10. The highest BCUT2D eigenvalue weighted by Crippen LogP contribution is 2.17. The van der Waals surface area contributed by atoms with E-state index in [0.29, 0.717) is 6.54 Å².